The van der Waals surface area contributed by atoms with E-state index in [2.05, 4.69) is 10.6 Å². The zero-order chi connectivity index (χ0) is 19.8. The van der Waals surface area contributed by atoms with Crippen LogP contribution in [0.4, 0.5) is 5.69 Å². The molecule has 0 aliphatic rings. The van der Waals surface area contributed by atoms with Crippen LogP contribution in [-0.4, -0.2) is 30.5 Å². The summed E-state index contributed by atoms with van der Waals surface area (Å²) in [6, 6.07) is 10.4. The van der Waals surface area contributed by atoms with Gasteiger partial charge in [0.25, 0.3) is 0 Å². The molecule has 0 radical (unpaired) electrons. The van der Waals surface area contributed by atoms with Gasteiger partial charge in [0.2, 0.25) is 0 Å². The second-order valence-electron chi connectivity index (χ2n) is 5.37. The molecule has 27 heavy (non-hydrogen) atoms. The number of esters is 1. The van der Waals surface area contributed by atoms with Crippen molar-refractivity contribution in [3.05, 3.63) is 62.6 Å². The van der Waals surface area contributed by atoms with Crippen molar-refractivity contribution in [2.24, 2.45) is 0 Å². The molecule has 0 aliphatic carbocycles. The lowest BCUT2D eigenvalue weighted by Gasteiger charge is -2.12. The maximum atomic E-state index is 11.6. The van der Waals surface area contributed by atoms with Crippen molar-refractivity contribution >= 4 is 75.6 Å². The molecule has 0 aliphatic heterocycles. The first kappa shape index (κ1) is 22.1. The quantitative estimate of drug-likeness (QED) is 0.314. The molecular weight excluding hydrogens is 447 g/mol. The van der Waals surface area contributed by atoms with Crippen LogP contribution in [0.2, 0.25) is 15.1 Å². The summed E-state index contributed by atoms with van der Waals surface area (Å²) in [7, 11) is 1.33. The first-order valence-electron chi connectivity index (χ1n) is 7.85. The molecule has 0 heterocycles. The number of ether oxygens (including phenoxy) is 1. The molecule has 0 unspecified atom stereocenters. The summed E-state index contributed by atoms with van der Waals surface area (Å²) >= 11 is 25.1. The predicted molar refractivity (Wildman–Crippen MR) is 120 cm³/mol. The Hall–Kier alpha value is -1.18. The normalized spacial score (nSPS) is 10.4. The van der Waals surface area contributed by atoms with Crippen LogP contribution >= 0.6 is 58.8 Å². The minimum absolute atomic E-state index is 0.393. The van der Waals surface area contributed by atoms with Gasteiger partial charge >= 0.3 is 5.97 Å². The third kappa shape index (κ3) is 7.05. The summed E-state index contributed by atoms with van der Waals surface area (Å²) in [5.74, 6) is 1.23. The van der Waals surface area contributed by atoms with E-state index >= 15 is 0 Å². The van der Waals surface area contributed by atoms with Crippen LogP contribution in [0.15, 0.2) is 36.4 Å². The van der Waals surface area contributed by atoms with Crippen molar-refractivity contribution in [2.75, 3.05) is 24.7 Å². The molecule has 2 aromatic rings. The molecule has 0 saturated carbocycles. The Bertz CT molecular complexity index is 834. The highest BCUT2D eigenvalue weighted by molar-refractivity contribution is 7.98. The Morgan fingerprint density at radius 1 is 1.11 bits per heavy atom. The van der Waals surface area contributed by atoms with Gasteiger partial charge in [0.1, 0.15) is 0 Å². The Kier molecular flexibility index (Phi) is 8.99. The number of hydrogen-bond donors (Lipinski definition) is 2. The molecule has 0 amide bonds. The lowest BCUT2D eigenvalue weighted by molar-refractivity contribution is 0.0601. The van der Waals surface area contributed by atoms with Crippen LogP contribution in [0.5, 0.6) is 0 Å². The molecule has 2 N–H and O–H groups in total. The number of benzene rings is 2. The number of anilines is 1. The van der Waals surface area contributed by atoms with E-state index in [1.54, 1.807) is 36.0 Å². The molecule has 9 heteroatoms. The number of carbonyl (C=O) groups is 1. The van der Waals surface area contributed by atoms with E-state index in [9.17, 15) is 4.79 Å². The van der Waals surface area contributed by atoms with Gasteiger partial charge in [0.15, 0.2) is 5.11 Å². The molecule has 0 spiro atoms. The molecule has 0 fully saturated rings. The number of methoxy groups -OCH3 is 1. The lowest BCUT2D eigenvalue weighted by atomic mass is 10.2. The minimum atomic E-state index is -0.438. The van der Waals surface area contributed by atoms with Gasteiger partial charge < -0.3 is 15.4 Å². The number of carbonyl (C=O) groups excluding carboxylic acids is 1. The van der Waals surface area contributed by atoms with Crippen molar-refractivity contribution in [2.45, 2.75) is 5.75 Å². The maximum absolute atomic E-state index is 11.6. The van der Waals surface area contributed by atoms with E-state index in [1.165, 1.54) is 7.11 Å². The summed E-state index contributed by atoms with van der Waals surface area (Å²) in [4.78, 5) is 11.6. The zero-order valence-corrected chi connectivity index (χ0v) is 18.3. The van der Waals surface area contributed by atoms with Crippen molar-refractivity contribution in [3.63, 3.8) is 0 Å². The van der Waals surface area contributed by atoms with E-state index in [0.29, 0.717) is 38.0 Å². The fourth-order valence-corrected chi connectivity index (χ4v) is 3.59. The maximum Gasteiger partial charge on any atom is 0.337 e. The Labute approximate surface area is 182 Å². The van der Waals surface area contributed by atoms with Crippen LogP contribution in [-0.2, 0) is 10.5 Å². The highest BCUT2D eigenvalue weighted by atomic mass is 35.5. The van der Waals surface area contributed by atoms with Gasteiger partial charge in [0.05, 0.1) is 33.4 Å². The van der Waals surface area contributed by atoms with Gasteiger partial charge in [-0.3, -0.25) is 0 Å². The third-order valence-corrected chi connectivity index (χ3v) is 5.77. The van der Waals surface area contributed by atoms with E-state index in [0.717, 1.165) is 17.1 Å². The van der Waals surface area contributed by atoms with Crippen LogP contribution < -0.4 is 10.6 Å². The standard InChI is InChI=1S/C18H17Cl3N2O2S2/c1-25-17(24)12-3-5-14(20)16(9-12)23-18(26)22-6-7-27-10-11-2-4-13(19)15(21)8-11/h2-5,8-9H,6-7,10H2,1H3,(H2,22,23,26). The monoisotopic (exact) mass is 462 g/mol. The molecule has 2 aromatic carbocycles. The van der Waals surface area contributed by atoms with Crippen LogP contribution in [0.25, 0.3) is 0 Å². The predicted octanol–water partition coefficient (Wildman–Crippen LogP) is 5.65. The molecular formula is C18H17Cl3N2O2S2. The second kappa shape index (κ2) is 11.0. The number of hydrogen-bond acceptors (Lipinski definition) is 4. The summed E-state index contributed by atoms with van der Waals surface area (Å²) < 4.78 is 4.70. The minimum Gasteiger partial charge on any atom is -0.465 e. The van der Waals surface area contributed by atoms with Gasteiger partial charge in [-0.15, -0.1) is 0 Å². The third-order valence-electron chi connectivity index (χ3n) is 3.42. The summed E-state index contributed by atoms with van der Waals surface area (Å²) in [6.07, 6.45) is 0. The van der Waals surface area contributed by atoms with E-state index in [-0.39, 0.29) is 0 Å². The number of rotatable bonds is 7. The molecule has 4 nitrogen and oxygen atoms in total. The average Bonchev–Trinajstić information content (AvgIpc) is 2.65. The molecule has 144 valence electrons. The highest BCUT2D eigenvalue weighted by Gasteiger charge is 2.10. The largest absolute Gasteiger partial charge is 0.465 e. The molecule has 0 atom stereocenters. The number of thiocarbonyl (C=S) groups is 1. The Balaban J connectivity index is 1.76. The van der Waals surface area contributed by atoms with Crippen molar-refractivity contribution in [1.82, 2.24) is 5.32 Å². The number of nitrogens with one attached hydrogen (secondary N) is 2. The Morgan fingerprint density at radius 3 is 2.56 bits per heavy atom. The topological polar surface area (TPSA) is 50.4 Å². The van der Waals surface area contributed by atoms with Crippen molar-refractivity contribution in [1.29, 1.82) is 0 Å². The number of thioether (sulfide) groups is 1. The van der Waals surface area contributed by atoms with Gasteiger partial charge in [-0.25, -0.2) is 4.79 Å². The SMILES string of the molecule is COC(=O)c1ccc(Cl)c(NC(=S)NCCSCc2ccc(Cl)c(Cl)c2)c1. The summed E-state index contributed by atoms with van der Waals surface area (Å²) in [6.45, 7) is 0.673. The van der Waals surface area contributed by atoms with Gasteiger partial charge in [-0.1, -0.05) is 40.9 Å². The lowest BCUT2D eigenvalue weighted by Crippen LogP contribution is -2.30. The summed E-state index contributed by atoms with van der Waals surface area (Å²) in [5, 5.41) is 8.09. The molecule has 0 bridgehead atoms. The van der Waals surface area contributed by atoms with Crippen molar-refractivity contribution in [3.8, 4) is 0 Å². The van der Waals surface area contributed by atoms with Crippen LogP contribution in [0.3, 0.4) is 0 Å². The first-order valence-corrected chi connectivity index (χ1v) is 10.5. The Morgan fingerprint density at radius 2 is 1.85 bits per heavy atom. The van der Waals surface area contributed by atoms with Gasteiger partial charge in [-0.2, -0.15) is 11.8 Å². The fraction of sp³-hybridized carbons (Fsp3) is 0.222. The summed E-state index contributed by atoms with van der Waals surface area (Å²) in [5.41, 5.74) is 2.05. The highest BCUT2D eigenvalue weighted by Crippen LogP contribution is 2.25. The van der Waals surface area contributed by atoms with Crippen LogP contribution in [0, 0.1) is 0 Å². The molecule has 0 saturated heterocycles. The van der Waals surface area contributed by atoms with E-state index < -0.39 is 5.97 Å². The second-order valence-corrected chi connectivity index (χ2v) is 8.10. The molecule has 0 aromatic heterocycles. The number of halogens is 3. The van der Waals surface area contributed by atoms with E-state index in [4.69, 9.17) is 51.8 Å². The van der Waals surface area contributed by atoms with Gasteiger partial charge in [-0.05, 0) is 48.1 Å². The molecule has 2 rings (SSSR count). The average molecular weight is 464 g/mol. The van der Waals surface area contributed by atoms with E-state index in [1.807, 2.05) is 12.1 Å². The smallest absolute Gasteiger partial charge is 0.337 e. The first-order chi connectivity index (χ1) is 12.9. The van der Waals surface area contributed by atoms with Crippen molar-refractivity contribution < 1.29 is 9.53 Å². The zero-order valence-electron chi connectivity index (χ0n) is 14.4. The van der Waals surface area contributed by atoms with Gasteiger partial charge in [0, 0.05) is 18.1 Å². The fourth-order valence-electron chi connectivity index (χ4n) is 2.09. The van der Waals surface area contributed by atoms with Crippen LogP contribution in [0.1, 0.15) is 15.9 Å².